The van der Waals surface area contributed by atoms with E-state index in [4.69, 9.17) is 9.52 Å². The smallest absolute Gasteiger partial charge is 0.408 e. The van der Waals surface area contributed by atoms with E-state index >= 15 is 0 Å². The third-order valence-electron chi connectivity index (χ3n) is 2.23. The first-order chi connectivity index (χ1) is 7.26. The van der Waals surface area contributed by atoms with Crippen LogP contribution in [-0.2, 0) is 13.2 Å². The molecule has 2 rings (SSSR count). The van der Waals surface area contributed by atoms with Gasteiger partial charge >= 0.3 is 5.76 Å². The maximum absolute atomic E-state index is 11.4. The molecule has 0 fully saturated rings. The molecule has 0 saturated carbocycles. The molecule has 0 radical (unpaired) electrons. The molecule has 0 unspecified atom stereocenters. The van der Waals surface area contributed by atoms with Gasteiger partial charge < -0.3 is 9.52 Å². The first-order valence-electron chi connectivity index (χ1n) is 4.60. The summed E-state index contributed by atoms with van der Waals surface area (Å²) in [4.78, 5) is 11.4. The summed E-state index contributed by atoms with van der Waals surface area (Å²) in [6.45, 7) is 3.93. The van der Waals surface area contributed by atoms with Crippen LogP contribution in [-0.4, -0.2) is 9.67 Å². The fourth-order valence-corrected chi connectivity index (χ4v) is 1.51. The third kappa shape index (κ3) is 1.59. The molecular weight excluding hydrogens is 194 g/mol. The van der Waals surface area contributed by atoms with Gasteiger partial charge in [-0.15, -0.1) is 6.58 Å². The fourth-order valence-electron chi connectivity index (χ4n) is 1.51. The Morgan fingerprint density at radius 1 is 1.53 bits per heavy atom. The van der Waals surface area contributed by atoms with Gasteiger partial charge in [0.05, 0.1) is 12.1 Å². The second-order valence-electron chi connectivity index (χ2n) is 3.23. The zero-order valence-electron chi connectivity index (χ0n) is 8.14. The van der Waals surface area contributed by atoms with Crippen LogP contribution < -0.4 is 5.76 Å². The second kappa shape index (κ2) is 3.74. The molecule has 0 aliphatic rings. The van der Waals surface area contributed by atoms with Crippen LogP contribution in [0.15, 0.2) is 40.1 Å². The van der Waals surface area contributed by atoms with Gasteiger partial charge in [0, 0.05) is 6.54 Å². The van der Waals surface area contributed by atoms with Crippen LogP contribution in [0.4, 0.5) is 0 Å². The molecule has 4 heteroatoms. The quantitative estimate of drug-likeness (QED) is 0.768. The summed E-state index contributed by atoms with van der Waals surface area (Å²) in [6, 6.07) is 5.15. The van der Waals surface area contributed by atoms with Crippen LogP contribution in [0.2, 0.25) is 0 Å². The van der Waals surface area contributed by atoms with Crippen LogP contribution >= 0.6 is 0 Å². The summed E-state index contributed by atoms with van der Waals surface area (Å²) < 4.78 is 6.50. The maximum Gasteiger partial charge on any atom is 0.420 e. The molecule has 1 aromatic carbocycles. The molecule has 1 N–H and O–H groups in total. The minimum atomic E-state index is -0.403. The molecule has 2 aromatic rings. The highest BCUT2D eigenvalue weighted by atomic mass is 16.4. The van der Waals surface area contributed by atoms with E-state index in [1.54, 1.807) is 24.3 Å². The van der Waals surface area contributed by atoms with E-state index in [-0.39, 0.29) is 6.61 Å². The number of allylic oxidation sites excluding steroid dienone is 1. The normalized spacial score (nSPS) is 10.7. The molecule has 1 aromatic heterocycles. The number of fused-ring (bicyclic) bond motifs is 1. The van der Waals surface area contributed by atoms with Gasteiger partial charge in [-0.25, -0.2) is 4.79 Å². The minimum Gasteiger partial charge on any atom is -0.408 e. The van der Waals surface area contributed by atoms with E-state index in [1.165, 1.54) is 4.57 Å². The van der Waals surface area contributed by atoms with Crippen LogP contribution in [0.5, 0.6) is 0 Å². The average molecular weight is 205 g/mol. The maximum atomic E-state index is 11.4. The number of benzene rings is 1. The van der Waals surface area contributed by atoms with E-state index in [0.717, 1.165) is 5.56 Å². The molecule has 0 bridgehead atoms. The number of hydrogen-bond donors (Lipinski definition) is 1. The summed E-state index contributed by atoms with van der Waals surface area (Å²) in [7, 11) is 0. The molecule has 15 heavy (non-hydrogen) atoms. The largest absolute Gasteiger partial charge is 0.420 e. The Labute approximate surface area is 86.1 Å². The number of oxazole rings is 1. The topological polar surface area (TPSA) is 55.4 Å². The van der Waals surface area contributed by atoms with Crippen LogP contribution in [0.3, 0.4) is 0 Å². The first-order valence-corrected chi connectivity index (χ1v) is 4.60. The summed E-state index contributed by atoms with van der Waals surface area (Å²) in [5.74, 6) is -0.403. The molecule has 0 aliphatic heterocycles. The van der Waals surface area contributed by atoms with Crippen molar-refractivity contribution in [1.82, 2.24) is 4.57 Å². The minimum absolute atomic E-state index is 0.0522. The highest BCUT2D eigenvalue weighted by Crippen LogP contribution is 2.15. The highest BCUT2D eigenvalue weighted by molar-refractivity contribution is 5.73. The number of aromatic nitrogens is 1. The molecule has 0 atom stereocenters. The Morgan fingerprint density at radius 3 is 3.00 bits per heavy atom. The molecule has 0 aliphatic carbocycles. The van der Waals surface area contributed by atoms with Crippen molar-refractivity contribution >= 4 is 11.1 Å². The van der Waals surface area contributed by atoms with Gasteiger partial charge in [0.1, 0.15) is 0 Å². The number of nitrogens with zero attached hydrogens (tertiary/aromatic N) is 1. The van der Waals surface area contributed by atoms with Gasteiger partial charge in [0.25, 0.3) is 0 Å². The average Bonchev–Trinajstić information content (AvgIpc) is 2.55. The van der Waals surface area contributed by atoms with E-state index in [0.29, 0.717) is 17.6 Å². The van der Waals surface area contributed by atoms with E-state index in [9.17, 15) is 4.79 Å². The number of aliphatic hydroxyl groups excluding tert-OH is 1. The highest BCUT2D eigenvalue weighted by Gasteiger charge is 2.07. The summed E-state index contributed by atoms with van der Waals surface area (Å²) in [5, 5.41) is 8.99. The molecular formula is C11H11NO3. The van der Waals surface area contributed by atoms with E-state index in [1.807, 2.05) is 0 Å². The van der Waals surface area contributed by atoms with Crippen molar-refractivity contribution in [2.24, 2.45) is 0 Å². The lowest BCUT2D eigenvalue weighted by atomic mass is 10.2. The molecule has 0 saturated heterocycles. The molecule has 4 nitrogen and oxygen atoms in total. The summed E-state index contributed by atoms with van der Waals surface area (Å²) in [5.41, 5.74) is 1.96. The zero-order chi connectivity index (χ0) is 10.8. The Hall–Kier alpha value is -1.81. The van der Waals surface area contributed by atoms with Crippen molar-refractivity contribution in [3.05, 3.63) is 47.0 Å². The Kier molecular flexibility index (Phi) is 2.43. The fraction of sp³-hybridized carbons (Fsp3) is 0.182. The van der Waals surface area contributed by atoms with Crippen molar-refractivity contribution < 1.29 is 9.52 Å². The first kappa shape index (κ1) is 9.73. The van der Waals surface area contributed by atoms with Crippen LogP contribution in [0, 0.1) is 0 Å². The molecule has 0 spiro atoms. The Balaban J connectivity index is 2.71. The lowest BCUT2D eigenvalue weighted by Gasteiger charge is -1.98. The molecule has 78 valence electrons. The number of hydrogen-bond acceptors (Lipinski definition) is 3. The van der Waals surface area contributed by atoms with Crippen molar-refractivity contribution in [2.45, 2.75) is 13.2 Å². The molecule has 1 heterocycles. The van der Waals surface area contributed by atoms with Crippen molar-refractivity contribution in [3.8, 4) is 0 Å². The lowest BCUT2D eigenvalue weighted by Crippen LogP contribution is -2.12. The predicted octanol–water partition coefficient (Wildman–Crippen LogP) is 1.27. The van der Waals surface area contributed by atoms with Crippen LogP contribution in [0.25, 0.3) is 11.1 Å². The standard InChI is InChI=1S/C11H11NO3/c1-2-5-12-9-6-8(7-13)3-4-10(9)15-11(12)14/h2-4,6,13H,1,5,7H2. The van der Waals surface area contributed by atoms with Crippen molar-refractivity contribution in [3.63, 3.8) is 0 Å². The number of rotatable bonds is 3. The van der Waals surface area contributed by atoms with E-state index in [2.05, 4.69) is 6.58 Å². The molecule has 0 amide bonds. The van der Waals surface area contributed by atoms with Gasteiger partial charge in [-0.05, 0) is 17.7 Å². The monoisotopic (exact) mass is 205 g/mol. The van der Waals surface area contributed by atoms with E-state index < -0.39 is 5.76 Å². The van der Waals surface area contributed by atoms with Gasteiger partial charge in [0.15, 0.2) is 5.58 Å². The van der Waals surface area contributed by atoms with Gasteiger partial charge in [-0.3, -0.25) is 4.57 Å². The predicted molar refractivity (Wildman–Crippen MR) is 56.6 cm³/mol. The third-order valence-corrected chi connectivity index (χ3v) is 2.23. The van der Waals surface area contributed by atoms with Gasteiger partial charge in [-0.2, -0.15) is 0 Å². The SMILES string of the molecule is C=CCn1c(=O)oc2ccc(CO)cc21. The zero-order valence-corrected chi connectivity index (χ0v) is 8.14. The Bertz CT molecular complexity index is 550. The van der Waals surface area contributed by atoms with Gasteiger partial charge in [-0.1, -0.05) is 12.1 Å². The Morgan fingerprint density at radius 2 is 2.33 bits per heavy atom. The van der Waals surface area contributed by atoms with Crippen LogP contribution in [0.1, 0.15) is 5.56 Å². The summed E-state index contributed by atoms with van der Waals surface area (Å²) >= 11 is 0. The lowest BCUT2D eigenvalue weighted by molar-refractivity contribution is 0.282. The summed E-state index contributed by atoms with van der Waals surface area (Å²) in [6.07, 6.45) is 1.63. The number of aliphatic hydroxyl groups is 1. The van der Waals surface area contributed by atoms with Gasteiger partial charge in [0.2, 0.25) is 0 Å². The van der Waals surface area contributed by atoms with Crippen molar-refractivity contribution in [2.75, 3.05) is 0 Å². The second-order valence-corrected chi connectivity index (χ2v) is 3.23. The van der Waals surface area contributed by atoms with Crippen molar-refractivity contribution in [1.29, 1.82) is 0 Å².